The average molecular weight is 196 g/mol. The lowest BCUT2D eigenvalue weighted by molar-refractivity contribution is 0.216. The SMILES string of the molecule is Cc1ncc(OCC2CCN2)cc1F. The molecule has 0 radical (unpaired) electrons. The minimum absolute atomic E-state index is 0.316. The average Bonchev–Trinajstić information content (AvgIpc) is 2.08. The van der Waals surface area contributed by atoms with Crippen molar-refractivity contribution in [2.24, 2.45) is 0 Å². The van der Waals surface area contributed by atoms with Gasteiger partial charge >= 0.3 is 0 Å². The summed E-state index contributed by atoms with van der Waals surface area (Å²) in [6.07, 6.45) is 2.68. The third-order valence-corrected chi connectivity index (χ3v) is 2.38. The van der Waals surface area contributed by atoms with E-state index in [1.54, 1.807) is 13.1 Å². The van der Waals surface area contributed by atoms with Crippen molar-refractivity contribution in [2.45, 2.75) is 19.4 Å². The normalized spacial score (nSPS) is 20.3. The Balaban J connectivity index is 1.91. The lowest BCUT2D eigenvalue weighted by Crippen LogP contribution is -2.46. The van der Waals surface area contributed by atoms with Gasteiger partial charge in [-0.1, -0.05) is 0 Å². The number of hydrogen-bond donors (Lipinski definition) is 1. The van der Waals surface area contributed by atoms with Crippen LogP contribution in [-0.4, -0.2) is 24.2 Å². The Bertz CT molecular complexity index is 326. The first-order chi connectivity index (χ1) is 6.75. The minimum atomic E-state index is -0.316. The van der Waals surface area contributed by atoms with Crippen LogP contribution in [0.4, 0.5) is 4.39 Å². The maximum atomic E-state index is 13.0. The van der Waals surface area contributed by atoms with Gasteiger partial charge in [0.25, 0.3) is 0 Å². The molecule has 1 unspecified atom stereocenters. The summed E-state index contributed by atoms with van der Waals surface area (Å²) in [6, 6.07) is 1.79. The van der Waals surface area contributed by atoms with Crippen LogP contribution in [0.5, 0.6) is 5.75 Å². The van der Waals surface area contributed by atoms with E-state index >= 15 is 0 Å². The first-order valence-corrected chi connectivity index (χ1v) is 4.74. The topological polar surface area (TPSA) is 34.1 Å². The molecule has 0 aliphatic carbocycles. The summed E-state index contributed by atoms with van der Waals surface area (Å²) in [5.41, 5.74) is 0.402. The summed E-state index contributed by atoms with van der Waals surface area (Å²) in [5.74, 6) is 0.186. The molecule has 1 fully saturated rings. The standard InChI is InChI=1S/C10H13FN2O/c1-7-10(11)4-9(5-13-7)14-6-8-2-3-12-8/h4-5,8,12H,2-3,6H2,1H3. The molecule has 1 saturated heterocycles. The van der Waals surface area contributed by atoms with E-state index in [2.05, 4.69) is 10.3 Å². The molecule has 14 heavy (non-hydrogen) atoms. The highest BCUT2D eigenvalue weighted by Gasteiger charge is 2.16. The van der Waals surface area contributed by atoms with Crippen molar-refractivity contribution in [3.05, 3.63) is 23.8 Å². The molecule has 2 heterocycles. The van der Waals surface area contributed by atoms with E-state index in [4.69, 9.17) is 4.74 Å². The van der Waals surface area contributed by atoms with Crippen LogP contribution >= 0.6 is 0 Å². The van der Waals surface area contributed by atoms with Gasteiger partial charge in [0, 0.05) is 12.1 Å². The fourth-order valence-electron chi connectivity index (χ4n) is 1.26. The van der Waals surface area contributed by atoms with Crippen LogP contribution in [0, 0.1) is 12.7 Å². The fraction of sp³-hybridized carbons (Fsp3) is 0.500. The second-order valence-corrected chi connectivity index (χ2v) is 3.49. The Labute approximate surface area is 82.3 Å². The molecule has 76 valence electrons. The maximum Gasteiger partial charge on any atom is 0.148 e. The third kappa shape index (κ3) is 2.01. The predicted molar refractivity (Wildman–Crippen MR) is 50.8 cm³/mol. The Morgan fingerprint density at radius 1 is 1.71 bits per heavy atom. The molecular formula is C10H13FN2O. The zero-order valence-corrected chi connectivity index (χ0v) is 8.09. The zero-order chi connectivity index (χ0) is 9.97. The Morgan fingerprint density at radius 2 is 2.50 bits per heavy atom. The number of aromatic nitrogens is 1. The summed E-state index contributed by atoms with van der Waals surface area (Å²) < 4.78 is 18.4. The lowest BCUT2D eigenvalue weighted by atomic mass is 10.1. The van der Waals surface area contributed by atoms with E-state index in [0.717, 1.165) is 13.0 Å². The van der Waals surface area contributed by atoms with Gasteiger partial charge in [0.05, 0.1) is 11.9 Å². The van der Waals surface area contributed by atoms with Gasteiger partial charge in [-0.25, -0.2) is 4.39 Å². The molecule has 1 atom stereocenters. The van der Waals surface area contributed by atoms with Gasteiger partial charge in [0.1, 0.15) is 18.2 Å². The van der Waals surface area contributed by atoms with E-state index < -0.39 is 0 Å². The fourth-order valence-corrected chi connectivity index (χ4v) is 1.26. The third-order valence-electron chi connectivity index (χ3n) is 2.38. The van der Waals surface area contributed by atoms with Gasteiger partial charge in [-0.3, -0.25) is 4.98 Å². The monoisotopic (exact) mass is 196 g/mol. The van der Waals surface area contributed by atoms with E-state index in [0.29, 0.717) is 24.1 Å². The van der Waals surface area contributed by atoms with Crippen molar-refractivity contribution in [1.82, 2.24) is 10.3 Å². The summed E-state index contributed by atoms with van der Waals surface area (Å²) in [5, 5.41) is 3.20. The van der Waals surface area contributed by atoms with Gasteiger partial charge in [0.15, 0.2) is 0 Å². The highest BCUT2D eigenvalue weighted by atomic mass is 19.1. The molecule has 0 saturated carbocycles. The van der Waals surface area contributed by atoms with Crippen molar-refractivity contribution >= 4 is 0 Å². The summed E-state index contributed by atoms with van der Waals surface area (Å²) in [6.45, 7) is 3.27. The van der Waals surface area contributed by atoms with Crippen molar-refractivity contribution in [3.8, 4) is 5.75 Å². The number of pyridine rings is 1. The van der Waals surface area contributed by atoms with E-state index in [1.807, 2.05) is 0 Å². The first-order valence-electron chi connectivity index (χ1n) is 4.74. The van der Waals surface area contributed by atoms with E-state index in [-0.39, 0.29) is 5.82 Å². The van der Waals surface area contributed by atoms with Crippen LogP contribution in [0.15, 0.2) is 12.3 Å². The van der Waals surface area contributed by atoms with Crippen LogP contribution in [0.3, 0.4) is 0 Å². The van der Waals surface area contributed by atoms with E-state index in [9.17, 15) is 4.39 Å². The van der Waals surface area contributed by atoms with E-state index in [1.165, 1.54) is 6.07 Å². The molecule has 0 aromatic carbocycles. The molecule has 0 amide bonds. The number of hydrogen-bond acceptors (Lipinski definition) is 3. The Morgan fingerprint density at radius 3 is 3.07 bits per heavy atom. The molecule has 1 aromatic heterocycles. The number of nitrogens with one attached hydrogen (secondary N) is 1. The van der Waals surface area contributed by atoms with Crippen molar-refractivity contribution in [2.75, 3.05) is 13.2 Å². The number of ether oxygens (including phenoxy) is 1. The zero-order valence-electron chi connectivity index (χ0n) is 8.09. The second-order valence-electron chi connectivity index (χ2n) is 3.49. The molecular weight excluding hydrogens is 183 g/mol. The van der Waals surface area contributed by atoms with Crippen LogP contribution in [0.2, 0.25) is 0 Å². The van der Waals surface area contributed by atoms with Gasteiger partial charge in [-0.05, 0) is 19.9 Å². The molecule has 0 spiro atoms. The van der Waals surface area contributed by atoms with Gasteiger partial charge in [0.2, 0.25) is 0 Å². The minimum Gasteiger partial charge on any atom is -0.490 e. The Kier molecular flexibility index (Phi) is 2.63. The van der Waals surface area contributed by atoms with Crippen LogP contribution < -0.4 is 10.1 Å². The largest absolute Gasteiger partial charge is 0.490 e. The van der Waals surface area contributed by atoms with Crippen LogP contribution in [-0.2, 0) is 0 Å². The number of nitrogens with zero attached hydrogens (tertiary/aromatic N) is 1. The molecule has 1 aromatic rings. The maximum absolute atomic E-state index is 13.0. The summed E-state index contributed by atoms with van der Waals surface area (Å²) >= 11 is 0. The lowest BCUT2D eigenvalue weighted by Gasteiger charge is -2.27. The molecule has 4 heteroatoms. The van der Waals surface area contributed by atoms with Crippen molar-refractivity contribution in [1.29, 1.82) is 0 Å². The molecule has 1 aliphatic rings. The molecule has 3 nitrogen and oxygen atoms in total. The van der Waals surface area contributed by atoms with Crippen molar-refractivity contribution in [3.63, 3.8) is 0 Å². The number of halogens is 1. The molecule has 1 N–H and O–H groups in total. The summed E-state index contributed by atoms with van der Waals surface area (Å²) in [7, 11) is 0. The van der Waals surface area contributed by atoms with Gasteiger partial charge in [-0.15, -0.1) is 0 Å². The second kappa shape index (κ2) is 3.92. The van der Waals surface area contributed by atoms with Gasteiger partial charge < -0.3 is 10.1 Å². The number of rotatable bonds is 3. The highest BCUT2D eigenvalue weighted by Crippen LogP contribution is 2.14. The van der Waals surface area contributed by atoms with Crippen molar-refractivity contribution < 1.29 is 9.13 Å². The van der Waals surface area contributed by atoms with Crippen LogP contribution in [0.1, 0.15) is 12.1 Å². The molecule has 2 rings (SSSR count). The smallest absolute Gasteiger partial charge is 0.148 e. The predicted octanol–water partition coefficient (Wildman–Crippen LogP) is 1.27. The molecule has 0 bridgehead atoms. The summed E-state index contributed by atoms with van der Waals surface area (Å²) in [4.78, 5) is 3.88. The van der Waals surface area contributed by atoms with Gasteiger partial charge in [-0.2, -0.15) is 0 Å². The molecule has 1 aliphatic heterocycles. The first kappa shape index (κ1) is 9.40. The van der Waals surface area contributed by atoms with Crippen LogP contribution in [0.25, 0.3) is 0 Å². The Hall–Kier alpha value is -1.16. The quantitative estimate of drug-likeness (QED) is 0.790. The highest BCUT2D eigenvalue weighted by molar-refractivity contribution is 5.21. The number of aryl methyl sites for hydroxylation is 1.